The van der Waals surface area contributed by atoms with Gasteiger partial charge in [0.1, 0.15) is 0 Å². The predicted molar refractivity (Wildman–Crippen MR) is 75.4 cm³/mol. The van der Waals surface area contributed by atoms with Crippen molar-refractivity contribution < 1.29 is 13.6 Å². The Kier molecular flexibility index (Phi) is 4.38. The number of rotatable bonds is 4. The average Bonchev–Trinajstić information content (AvgIpc) is 2.38. The summed E-state index contributed by atoms with van der Waals surface area (Å²) in [6.45, 7) is 1.07. The van der Waals surface area contributed by atoms with Crippen LogP contribution in [-0.4, -0.2) is 0 Å². The molecule has 2 N–H and O–H groups in total. The minimum absolute atomic E-state index is 0.0214. The molecule has 0 unspecified atom stereocenters. The third-order valence-corrected chi connectivity index (χ3v) is 3.24. The highest BCUT2D eigenvalue weighted by molar-refractivity contribution is 6.30. The van der Waals surface area contributed by atoms with Gasteiger partial charge in [0.15, 0.2) is 0 Å². The molecule has 0 aliphatic carbocycles. The summed E-state index contributed by atoms with van der Waals surface area (Å²) in [5.74, 6) is 2.25. The van der Waals surface area contributed by atoms with Crippen LogP contribution in [0.25, 0.3) is 11.1 Å². The van der Waals surface area contributed by atoms with E-state index in [9.17, 15) is 8.78 Å². The van der Waals surface area contributed by atoms with Gasteiger partial charge in [-0.25, -0.2) is 14.7 Å². The molecule has 2 aromatic carbocycles. The first-order valence-corrected chi connectivity index (χ1v) is 6.38. The van der Waals surface area contributed by atoms with E-state index in [-0.39, 0.29) is 12.2 Å². The molecule has 0 fully saturated rings. The fourth-order valence-electron chi connectivity index (χ4n) is 2.00. The molecule has 106 valence electrons. The monoisotopic (exact) mass is 297 g/mol. The summed E-state index contributed by atoms with van der Waals surface area (Å²) in [5, 5.41) is 0.567. The van der Waals surface area contributed by atoms with E-state index in [1.165, 1.54) is 12.1 Å². The number of halogens is 3. The number of alkyl halides is 2. The topological polar surface area (TPSA) is 35.2 Å². The Morgan fingerprint density at radius 1 is 1.15 bits per heavy atom. The van der Waals surface area contributed by atoms with Gasteiger partial charge in [-0.3, -0.25) is 4.84 Å². The quantitative estimate of drug-likeness (QED) is 0.843. The highest BCUT2D eigenvalue weighted by atomic mass is 35.5. The van der Waals surface area contributed by atoms with E-state index in [0.29, 0.717) is 5.02 Å². The van der Waals surface area contributed by atoms with Crippen LogP contribution < -0.4 is 5.90 Å². The van der Waals surface area contributed by atoms with Crippen molar-refractivity contribution in [1.82, 2.24) is 0 Å². The lowest BCUT2D eigenvalue weighted by atomic mass is 9.98. The van der Waals surface area contributed by atoms with Gasteiger partial charge in [-0.15, -0.1) is 0 Å². The van der Waals surface area contributed by atoms with Crippen molar-refractivity contribution in [2.45, 2.75) is 19.5 Å². The molecule has 0 radical (unpaired) electrons. The van der Waals surface area contributed by atoms with Crippen LogP contribution in [-0.2, 0) is 17.4 Å². The van der Waals surface area contributed by atoms with Crippen molar-refractivity contribution in [2.24, 2.45) is 5.90 Å². The lowest BCUT2D eigenvalue weighted by molar-refractivity contribution is 0.0175. The fourth-order valence-corrected chi connectivity index (χ4v) is 2.19. The van der Waals surface area contributed by atoms with Crippen molar-refractivity contribution in [1.29, 1.82) is 0 Å². The molecule has 0 aliphatic heterocycles. The van der Waals surface area contributed by atoms with Gasteiger partial charge in [0.05, 0.1) is 6.61 Å². The van der Waals surface area contributed by atoms with E-state index in [1.54, 1.807) is 24.3 Å². The van der Waals surface area contributed by atoms with Crippen molar-refractivity contribution in [3.63, 3.8) is 0 Å². The van der Waals surface area contributed by atoms with E-state index in [0.717, 1.165) is 23.6 Å². The summed E-state index contributed by atoms with van der Waals surface area (Å²) in [6.07, 6.45) is 0. The molecular formula is C15H14ClF2NO. The van der Waals surface area contributed by atoms with E-state index in [1.807, 2.05) is 6.07 Å². The Balaban J connectivity index is 2.41. The lowest BCUT2D eigenvalue weighted by Crippen LogP contribution is -2.06. The molecule has 0 aromatic heterocycles. The maximum atomic E-state index is 13.2. The number of hydrogen-bond donors (Lipinski definition) is 1. The Bertz CT molecular complexity index is 594. The van der Waals surface area contributed by atoms with Crippen LogP contribution in [0.1, 0.15) is 18.1 Å². The van der Waals surface area contributed by atoms with Crippen molar-refractivity contribution >= 4 is 11.6 Å². The van der Waals surface area contributed by atoms with Gasteiger partial charge in [0, 0.05) is 17.5 Å². The van der Waals surface area contributed by atoms with Crippen molar-refractivity contribution in [3.8, 4) is 11.1 Å². The zero-order valence-corrected chi connectivity index (χ0v) is 11.6. The minimum Gasteiger partial charge on any atom is -0.300 e. The second-order valence-electron chi connectivity index (χ2n) is 4.58. The van der Waals surface area contributed by atoms with Gasteiger partial charge < -0.3 is 0 Å². The summed E-state index contributed by atoms with van der Waals surface area (Å²) in [6, 6.07) is 11.4. The van der Waals surface area contributed by atoms with Crippen LogP contribution in [0, 0.1) is 0 Å². The van der Waals surface area contributed by atoms with E-state index < -0.39 is 5.92 Å². The SMILES string of the molecule is CC(F)(F)c1ccc(-c2ccc(Cl)cc2CON)cc1. The zero-order valence-electron chi connectivity index (χ0n) is 10.9. The molecule has 0 aliphatic rings. The van der Waals surface area contributed by atoms with E-state index in [4.69, 9.17) is 17.5 Å². The first kappa shape index (κ1) is 14.9. The van der Waals surface area contributed by atoms with E-state index >= 15 is 0 Å². The summed E-state index contributed by atoms with van der Waals surface area (Å²) in [4.78, 5) is 4.64. The summed E-state index contributed by atoms with van der Waals surface area (Å²) in [5.41, 5.74) is 2.44. The highest BCUT2D eigenvalue weighted by Gasteiger charge is 2.23. The van der Waals surface area contributed by atoms with Gasteiger partial charge in [0.2, 0.25) is 0 Å². The summed E-state index contributed by atoms with van der Waals surface area (Å²) >= 11 is 5.93. The van der Waals surface area contributed by atoms with Crippen LogP contribution in [0.2, 0.25) is 5.02 Å². The van der Waals surface area contributed by atoms with Crippen molar-refractivity contribution in [2.75, 3.05) is 0 Å². The zero-order chi connectivity index (χ0) is 14.8. The standard InChI is InChI=1S/C15H14ClF2NO/c1-15(17,18)12-4-2-10(3-5-12)14-7-6-13(16)8-11(14)9-20-19/h2-8H,9,19H2,1H3. The third-order valence-electron chi connectivity index (χ3n) is 3.01. The van der Waals surface area contributed by atoms with Gasteiger partial charge in [0.25, 0.3) is 5.92 Å². The molecule has 2 aromatic rings. The normalized spacial score (nSPS) is 11.7. The lowest BCUT2D eigenvalue weighted by Gasteiger charge is -2.13. The molecule has 2 nitrogen and oxygen atoms in total. The second-order valence-corrected chi connectivity index (χ2v) is 5.01. The Labute approximate surface area is 121 Å². The first-order chi connectivity index (χ1) is 9.41. The van der Waals surface area contributed by atoms with Crippen LogP contribution in [0.4, 0.5) is 8.78 Å². The average molecular weight is 298 g/mol. The molecule has 2 rings (SSSR count). The Morgan fingerprint density at radius 2 is 1.80 bits per heavy atom. The minimum atomic E-state index is -2.85. The van der Waals surface area contributed by atoms with Crippen molar-refractivity contribution in [3.05, 3.63) is 58.6 Å². The maximum absolute atomic E-state index is 13.2. The van der Waals surface area contributed by atoms with Gasteiger partial charge in [-0.05, 0) is 28.8 Å². The molecule has 0 bridgehead atoms. The third kappa shape index (κ3) is 3.33. The Hall–Kier alpha value is -1.49. The van der Waals surface area contributed by atoms with Crippen LogP contribution in [0.15, 0.2) is 42.5 Å². The number of hydrogen-bond acceptors (Lipinski definition) is 2. The molecular weight excluding hydrogens is 284 g/mol. The van der Waals surface area contributed by atoms with E-state index in [2.05, 4.69) is 4.84 Å². The molecule has 0 saturated heterocycles. The first-order valence-electron chi connectivity index (χ1n) is 6.00. The van der Waals surface area contributed by atoms with Gasteiger partial charge in [-0.2, -0.15) is 0 Å². The maximum Gasteiger partial charge on any atom is 0.270 e. The molecule has 5 heteroatoms. The highest BCUT2D eigenvalue weighted by Crippen LogP contribution is 2.31. The number of nitrogens with two attached hydrogens (primary N) is 1. The predicted octanol–water partition coefficient (Wildman–Crippen LogP) is 4.51. The molecule has 20 heavy (non-hydrogen) atoms. The number of benzene rings is 2. The summed E-state index contributed by atoms with van der Waals surface area (Å²) < 4.78 is 26.4. The molecule has 0 heterocycles. The Morgan fingerprint density at radius 3 is 2.35 bits per heavy atom. The molecule has 0 amide bonds. The molecule has 0 spiro atoms. The largest absolute Gasteiger partial charge is 0.300 e. The van der Waals surface area contributed by atoms with Crippen LogP contribution in [0.3, 0.4) is 0 Å². The second kappa shape index (κ2) is 5.87. The molecule has 0 saturated carbocycles. The summed E-state index contributed by atoms with van der Waals surface area (Å²) in [7, 11) is 0. The smallest absolute Gasteiger partial charge is 0.270 e. The fraction of sp³-hybridized carbons (Fsp3) is 0.200. The molecule has 0 atom stereocenters. The van der Waals surface area contributed by atoms with Crippen LogP contribution >= 0.6 is 11.6 Å². The van der Waals surface area contributed by atoms with Gasteiger partial charge in [-0.1, -0.05) is 41.9 Å². The van der Waals surface area contributed by atoms with Crippen LogP contribution in [0.5, 0.6) is 0 Å². The van der Waals surface area contributed by atoms with Gasteiger partial charge >= 0.3 is 0 Å².